The van der Waals surface area contributed by atoms with Crippen LogP contribution in [0.15, 0.2) is 36.5 Å². The second kappa shape index (κ2) is 5.58. The minimum atomic E-state index is -1.01. The highest BCUT2D eigenvalue weighted by molar-refractivity contribution is 5.96. The first-order valence-corrected chi connectivity index (χ1v) is 7.28. The van der Waals surface area contributed by atoms with Crippen molar-refractivity contribution in [3.8, 4) is 17.3 Å². The van der Waals surface area contributed by atoms with Crippen molar-refractivity contribution >= 4 is 16.9 Å². The van der Waals surface area contributed by atoms with Gasteiger partial charge in [-0.1, -0.05) is 25.1 Å². The molecule has 0 saturated heterocycles. The third kappa shape index (κ3) is 2.25. The molecule has 0 radical (unpaired) electrons. The summed E-state index contributed by atoms with van der Waals surface area (Å²) >= 11 is 0. The lowest BCUT2D eigenvalue weighted by Gasteiger charge is -2.08. The van der Waals surface area contributed by atoms with E-state index in [0.717, 1.165) is 10.9 Å². The Morgan fingerprint density at radius 2 is 2.13 bits per heavy atom. The molecule has 0 bridgehead atoms. The Kier molecular flexibility index (Phi) is 3.59. The van der Waals surface area contributed by atoms with Crippen molar-refractivity contribution in [3.63, 3.8) is 0 Å². The van der Waals surface area contributed by atoms with Gasteiger partial charge in [0.25, 0.3) is 0 Å². The lowest BCUT2D eigenvalue weighted by Crippen LogP contribution is -2.05. The van der Waals surface area contributed by atoms with Crippen LogP contribution in [0, 0.1) is 11.3 Å². The molecule has 0 saturated carbocycles. The van der Waals surface area contributed by atoms with Crippen molar-refractivity contribution in [2.75, 3.05) is 0 Å². The molecule has 2 aromatic heterocycles. The highest BCUT2D eigenvalue weighted by Gasteiger charge is 2.19. The van der Waals surface area contributed by atoms with E-state index in [2.05, 4.69) is 11.1 Å². The maximum absolute atomic E-state index is 11.5. The number of aromatic carboxylic acids is 1. The van der Waals surface area contributed by atoms with Crippen molar-refractivity contribution in [1.82, 2.24) is 9.55 Å². The molecule has 114 valence electrons. The van der Waals surface area contributed by atoms with Gasteiger partial charge in [0.1, 0.15) is 6.07 Å². The fourth-order valence-corrected chi connectivity index (χ4v) is 2.93. The van der Waals surface area contributed by atoms with Gasteiger partial charge in [0, 0.05) is 29.7 Å². The minimum absolute atomic E-state index is 0.180. The predicted molar refractivity (Wildman–Crippen MR) is 87.2 cm³/mol. The molecule has 5 heteroatoms. The largest absolute Gasteiger partial charge is 0.478 e. The van der Waals surface area contributed by atoms with Crippen LogP contribution in [0.25, 0.3) is 22.2 Å². The van der Waals surface area contributed by atoms with E-state index in [9.17, 15) is 15.2 Å². The maximum Gasteiger partial charge on any atom is 0.337 e. The normalized spacial score (nSPS) is 10.7. The fraction of sp³-hybridized carbons (Fsp3) is 0.167. The summed E-state index contributed by atoms with van der Waals surface area (Å²) in [5.74, 6) is -1.01. The van der Waals surface area contributed by atoms with Gasteiger partial charge in [0.15, 0.2) is 0 Å². The van der Waals surface area contributed by atoms with E-state index >= 15 is 0 Å². The van der Waals surface area contributed by atoms with Gasteiger partial charge in [-0.25, -0.2) is 4.79 Å². The van der Waals surface area contributed by atoms with Gasteiger partial charge in [-0.2, -0.15) is 5.26 Å². The van der Waals surface area contributed by atoms with E-state index in [1.54, 1.807) is 12.3 Å². The average molecular weight is 305 g/mol. The molecule has 2 heterocycles. The van der Waals surface area contributed by atoms with E-state index < -0.39 is 5.97 Å². The average Bonchev–Trinajstić information content (AvgIpc) is 2.86. The van der Waals surface area contributed by atoms with Crippen LogP contribution in [0.1, 0.15) is 28.5 Å². The van der Waals surface area contributed by atoms with Gasteiger partial charge in [-0.3, -0.25) is 4.98 Å². The zero-order valence-electron chi connectivity index (χ0n) is 12.9. The number of carboxylic acid groups (broad SMARTS) is 1. The van der Waals surface area contributed by atoms with Crippen LogP contribution >= 0.6 is 0 Å². The summed E-state index contributed by atoms with van der Waals surface area (Å²) in [5, 5.41) is 19.8. The second-order valence-corrected chi connectivity index (χ2v) is 5.29. The second-order valence-electron chi connectivity index (χ2n) is 5.29. The Hall–Kier alpha value is -3.13. The van der Waals surface area contributed by atoms with Crippen molar-refractivity contribution in [2.45, 2.75) is 13.3 Å². The van der Waals surface area contributed by atoms with Gasteiger partial charge < -0.3 is 9.67 Å². The molecule has 0 unspecified atom stereocenters. The number of pyridine rings is 1. The first kappa shape index (κ1) is 14.8. The number of fused-ring (bicyclic) bond motifs is 1. The number of carbonyl (C=O) groups is 1. The number of rotatable bonds is 3. The summed E-state index contributed by atoms with van der Waals surface area (Å²) in [4.78, 5) is 15.7. The lowest BCUT2D eigenvalue weighted by molar-refractivity contribution is 0.0695. The number of carboxylic acids is 1. The van der Waals surface area contributed by atoms with E-state index in [0.29, 0.717) is 28.9 Å². The van der Waals surface area contributed by atoms with Crippen LogP contribution in [0.4, 0.5) is 0 Å². The zero-order chi connectivity index (χ0) is 16.6. The molecule has 0 spiro atoms. The van der Waals surface area contributed by atoms with Crippen LogP contribution in [-0.4, -0.2) is 20.6 Å². The Bertz CT molecular complexity index is 964. The molecule has 3 rings (SSSR count). The molecule has 0 aliphatic carbocycles. The van der Waals surface area contributed by atoms with Gasteiger partial charge in [-0.15, -0.1) is 0 Å². The molecular formula is C18H15N3O2. The van der Waals surface area contributed by atoms with Crippen molar-refractivity contribution in [1.29, 1.82) is 5.26 Å². The van der Waals surface area contributed by atoms with Gasteiger partial charge >= 0.3 is 5.97 Å². The molecule has 0 amide bonds. The number of para-hydroxylation sites is 1. The first-order chi connectivity index (χ1) is 11.1. The predicted octanol–water partition coefficient (Wildman–Crippen LogP) is 3.37. The van der Waals surface area contributed by atoms with Crippen LogP contribution in [0.5, 0.6) is 0 Å². The van der Waals surface area contributed by atoms with Crippen LogP contribution in [0.2, 0.25) is 0 Å². The quantitative estimate of drug-likeness (QED) is 0.804. The summed E-state index contributed by atoms with van der Waals surface area (Å²) in [6.45, 7) is 1.87. The number of hydrogen-bond acceptors (Lipinski definition) is 3. The summed E-state index contributed by atoms with van der Waals surface area (Å²) in [6.07, 6.45) is 2.18. The number of aromatic nitrogens is 2. The topological polar surface area (TPSA) is 78.9 Å². The van der Waals surface area contributed by atoms with Crippen LogP contribution < -0.4 is 0 Å². The van der Waals surface area contributed by atoms with Crippen molar-refractivity contribution in [3.05, 3.63) is 53.3 Å². The smallest absolute Gasteiger partial charge is 0.337 e. The zero-order valence-corrected chi connectivity index (χ0v) is 12.9. The fourth-order valence-electron chi connectivity index (χ4n) is 2.93. The van der Waals surface area contributed by atoms with Crippen LogP contribution in [-0.2, 0) is 13.5 Å². The Morgan fingerprint density at radius 1 is 1.39 bits per heavy atom. The summed E-state index contributed by atoms with van der Waals surface area (Å²) in [6, 6.07) is 11.5. The molecular weight excluding hydrogens is 290 g/mol. The molecule has 5 nitrogen and oxygen atoms in total. The van der Waals surface area contributed by atoms with E-state index in [1.807, 2.05) is 42.8 Å². The molecule has 0 aliphatic rings. The molecule has 3 aromatic rings. The maximum atomic E-state index is 11.5. The molecule has 0 aliphatic heterocycles. The summed E-state index contributed by atoms with van der Waals surface area (Å²) in [5.41, 5.74) is 3.50. The number of hydrogen-bond donors (Lipinski definition) is 1. The van der Waals surface area contributed by atoms with Gasteiger partial charge in [-0.05, 0) is 18.6 Å². The van der Waals surface area contributed by atoms with Gasteiger partial charge in [0.2, 0.25) is 0 Å². The highest BCUT2D eigenvalue weighted by atomic mass is 16.4. The number of benzene rings is 1. The van der Waals surface area contributed by atoms with E-state index in [1.165, 1.54) is 0 Å². The monoisotopic (exact) mass is 305 g/mol. The number of nitriles is 1. The molecule has 1 N–H and O–H groups in total. The first-order valence-electron chi connectivity index (χ1n) is 7.28. The summed E-state index contributed by atoms with van der Waals surface area (Å²) in [7, 11) is 1.87. The minimum Gasteiger partial charge on any atom is -0.478 e. The molecule has 0 atom stereocenters. The standard InChI is InChI=1S/C18H15N3O2/c1-3-15-13(18(22)23)8-11(10-20-15)17-14(9-19)12-6-4-5-7-16(12)21(17)2/h4-8,10H,3H2,1-2H3,(H,22,23). The van der Waals surface area contributed by atoms with Crippen molar-refractivity contribution in [2.24, 2.45) is 7.05 Å². The Morgan fingerprint density at radius 3 is 2.78 bits per heavy atom. The van der Waals surface area contributed by atoms with Gasteiger partial charge in [0.05, 0.1) is 22.5 Å². The van der Waals surface area contributed by atoms with E-state index in [-0.39, 0.29) is 5.56 Å². The Balaban J connectivity index is 2.34. The van der Waals surface area contributed by atoms with Crippen LogP contribution in [0.3, 0.4) is 0 Å². The lowest BCUT2D eigenvalue weighted by atomic mass is 10.0. The SMILES string of the molecule is CCc1ncc(-c2c(C#N)c3ccccc3n2C)cc1C(=O)O. The highest BCUT2D eigenvalue weighted by Crippen LogP contribution is 2.32. The Labute approximate surface area is 133 Å². The molecule has 23 heavy (non-hydrogen) atoms. The number of nitrogens with zero attached hydrogens (tertiary/aromatic N) is 3. The molecule has 1 aromatic carbocycles. The number of aryl methyl sites for hydroxylation is 2. The summed E-state index contributed by atoms with van der Waals surface area (Å²) < 4.78 is 1.90. The molecule has 0 fully saturated rings. The van der Waals surface area contributed by atoms with Crippen molar-refractivity contribution < 1.29 is 9.90 Å². The third-order valence-electron chi connectivity index (χ3n) is 4.03. The third-order valence-corrected chi connectivity index (χ3v) is 4.03. The van der Waals surface area contributed by atoms with E-state index in [4.69, 9.17) is 0 Å².